The smallest absolute Gasteiger partial charge is 0.432 e. The predicted octanol–water partition coefficient (Wildman–Crippen LogP) is -0.160. The Hall–Kier alpha value is -0.620. The van der Waals surface area contributed by atoms with E-state index in [0.717, 1.165) is 0 Å². The van der Waals surface area contributed by atoms with Gasteiger partial charge in [-0.1, -0.05) is 0 Å². The van der Waals surface area contributed by atoms with E-state index in [9.17, 15) is 9.36 Å². The Bertz CT molecular complexity index is 213. The van der Waals surface area contributed by atoms with Gasteiger partial charge >= 0.3 is 13.8 Å². The molecule has 0 bridgehead atoms. The molecule has 0 heterocycles. The Labute approximate surface area is 75.2 Å². The van der Waals surface area contributed by atoms with Crippen LogP contribution in [0.3, 0.4) is 0 Å². The van der Waals surface area contributed by atoms with Crippen LogP contribution in [-0.4, -0.2) is 35.7 Å². The molecule has 78 valence electrons. The van der Waals surface area contributed by atoms with Gasteiger partial charge in [0.15, 0.2) is 0 Å². The van der Waals surface area contributed by atoms with Crippen molar-refractivity contribution in [2.45, 2.75) is 13.0 Å². The van der Waals surface area contributed by atoms with E-state index in [0.29, 0.717) is 0 Å². The van der Waals surface area contributed by atoms with Gasteiger partial charge in [0.2, 0.25) is 0 Å². The van der Waals surface area contributed by atoms with Crippen molar-refractivity contribution in [2.24, 2.45) is 0 Å². The van der Waals surface area contributed by atoms with Crippen molar-refractivity contribution in [1.29, 1.82) is 0 Å². The van der Waals surface area contributed by atoms with Gasteiger partial charge in [0.05, 0.1) is 6.61 Å². The summed E-state index contributed by atoms with van der Waals surface area (Å²) in [5, 5.41) is 1.36. The first-order valence-corrected chi connectivity index (χ1v) is 5.00. The molecule has 0 aliphatic carbocycles. The zero-order chi connectivity index (χ0) is 10.5. The maximum Gasteiger partial charge on any atom is 0.432 e. The van der Waals surface area contributed by atoms with Crippen molar-refractivity contribution in [2.75, 3.05) is 13.7 Å². The molecule has 1 unspecified atom stereocenters. The third kappa shape index (κ3) is 7.73. The number of hydrogen-bond acceptors (Lipinski definition) is 4. The molecule has 0 aliphatic rings. The van der Waals surface area contributed by atoms with E-state index in [-0.39, 0.29) is 6.61 Å². The SMILES string of the molecule is COCC(C)OC(=O)NP(=O)(O)O. The van der Waals surface area contributed by atoms with E-state index in [1.807, 2.05) is 0 Å². The zero-order valence-corrected chi connectivity index (χ0v) is 8.15. The molecule has 0 aromatic heterocycles. The van der Waals surface area contributed by atoms with Gasteiger partial charge in [-0.3, -0.25) is 0 Å². The lowest BCUT2D eigenvalue weighted by atomic mass is 10.4. The minimum Gasteiger partial charge on any atom is -0.444 e. The second-order valence-electron chi connectivity index (χ2n) is 2.33. The van der Waals surface area contributed by atoms with Gasteiger partial charge in [-0.15, -0.1) is 0 Å². The quantitative estimate of drug-likeness (QED) is 0.560. The number of carbonyl (C=O) groups excluding carboxylic acids is 1. The lowest BCUT2D eigenvalue weighted by Crippen LogP contribution is -2.27. The normalized spacial score (nSPS) is 13.5. The highest BCUT2D eigenvalue weighted by atomic mass is 31.2. The van der Waals surface area contributed by atoms with Crippen molar-refractivity contribution in [3.63, 3.8) is 0 Å². The van der Waals surface area contributed by atoms with Gasteiger partial charge in [-0.25, -0.2) is 14.4 Å². The van der Waals surface area contributed by atoms with Crippen molar-refractivity contribution in [1.82, 2.24) is 5.09 Å². The largest absolute Gasteiger partial charge is 0.444 e. The first-order chi connectivity index (χ1) is 5.85. The molecule has 0 rings (SSSR count). The Kier molecular flexibility index (Phi) is 4.94. The molecule has 0 aromatic rings. The van der Waals surface area contributed by atoms with Crippen LogP contribution >= 0.6 is 7.75 Å². The standard InChI is InChI=1S/C5H12NO6P/c1-4(3-11-2)12-5(7)6-13(8,9)10/h4H,3H2,1-2H3,(H3,6,7,8,9,10). The fourth-order valence-electron chi connectivity index (χ4n) is 0.597. The predicted molar refractivity (Wildman–Crippen MR) is 43.0 cm³/mol. The molecule has 0 saturated carbocycles. The highest BCUT2D eigenvalue weighted by Crippen LogP contribution is 2.27. The van der Waals surface area contributed by atoms with Crippen LogP contribution in [0.1, 0.15) is 6.92 Å². The number of methoxy groups -OCH3 is 1. The molecule has 0 radical (unpaired) electrons. The molecule has 3 N–H and O–H groups in total. The lowest BCUT2D eigenvalue weighted by molar-refractivity contribution is 0.0511. The average molecular weight is 213 g/mol. The number of carbonyl (C=O) groups is 1. The fraction of sp³-hybridized carbons (Fsp3) is 0.800. The number of ether oxygens (including phenoxy) is 2. The maximum atomic E-state index is 10.7. The van der Waals surface area contributed by atoms with E-state index >= 15 is 0 Å². The Morgan fingerprint density at radius 2 is 2.15 bits per heavy atom. The molecule has 8 heteroatoms. The van der Waals surface area contributed by atoms with E-state index in [1.54, 1.807) is 0 Å². The van der Waals surface area contributed by atoms with Crippen LogP contribution in [0.4, 0.5) is 4.79 Å². The molecule has 0 aromatic carbocycles. The fourth-order valence-corrected chi connectivity index (χ4v) is 0.887. The zero-order valence-electron chi connectivity index (χ0n) is 7.26. The van der Waals surface area contributed by atoms with Crippen LogP contribution in [0.2, 0.25) is 0 Å². The molecule has 0 fully saturated rings. The summed E-state index contributed by atoms with van der Waals surface area (Å²) in [7, 11) is -3.14. The van der Waals surface area contributed by atoms with Gasteiger partial charge in [0, 0.05) is 7.11 Å². The van der Waals surface area contributed by atoms with E-state index < -0.39 is 19.9 Å². The molecular formula is C5H12NO6P. The topological polar surface area (TPSA) is 105 Å². The van der Waals surface area contributed by atoms with Crippen LogP contribution in [0.25, 0.3) is 0 Å². The summed E-state index contributed by atoms with van der Waals surface area (Å²) < 4.78 is 19.4. The minimum absolute atomic E-state index is 0.161. The van der Waals surface area contributed by atoms with Gasteiger partial charge in [-0.2, -0.15) is 0 Å². The highest BCUT2D eigenvalue weighted by Gasteiger charge is 2.19. The van der Waals surface area contributed by atoms with Crippen molar-refractivity contribution in [3.8, 4) is 0 Å². The number of nitrogens with one attached hydrogen (secondary N) is 1. The molecule has 13 heavy (non-hydrogen) atoms. The van der Waals surface area contributed by atoms with Gasteiger partial charge in [0.25, 0.3) is 0 Å². The molecule has 0 spiro atoms. The van der Waals surface area contributed by atoms with Crippen LogP contribution < -0.4 is 5.09 Å². The summed E-state index contributed by atoms with van der Waals surface area (Å²) in [6.45, 7) is 1.69. The number of hydrogen-bond donors (Lipinski definition) is 3. The van der Waals surface area contributed by atoms with Gasteiger partial charge < -0.3 is 19.3 Å². The highest BCUT2D eigenvalue weighted by molar-refractivity contribution is 7.50. The molecule has 7 nitrogen and oxygen atoms in total. The maximum absolute atomic E-state index is 10.7. The van der Waals surface area contributed by atoms with Crippen LogP contribution in [0.15, 0.2) is 0 Å². The van der Waals surface area contributed by atoms with E-state index in [4.69, 9.17) is 9.79 Å². The van der Waals surface area contributed by atoms with Crippen molar-refractivity contribution in [3.05, 3.63) is 0 Å². The first-order valence-electron chi connectivity index (χ1n) is 3.38. The second kappa shape index (κ2) is 5.18. The summed E-state index contributed by atoms with van der Waals surface area (Å²) in [6, 6.07) is 0. The molecule has 1 amide bonds. The van der Waals surface area contributed by atoms with E-state index in [2.05, 4.69) is 9.47 Å². The summed E-state index contributed by atoms with van der Waals surface area (Å²) >= 11 is 0. The number of rotatable bonds is 4. The van der Waals surface area contributed by atoms with Gasteiger partial charge in [-0.05, 0) is 6.92 Å². The summed E-state index contributed by atoms with van der Waals surface area (Å²) in [5.41, 5.74) is 0. The van der Waals surface area contributed by atoms with Crippen molar-refractivity contribution >= 4 is 13.8 Å². The second-order valence-corrected chi connectivity index (χ2v) is 3.64. The monoisotopic (exact) mass is 213 g/mol. The third-order valence-electron chi connectivity index (χ3n) is 0.947. The van der Waals surface area contributed by atoms with Crippen LogP contribution in [0.5, 0.6) is 0 Å². The van der Waals surface area contributed by atoms with Crippen LogP contribution in [-0.2, 0) is 14.0 Å². The molecule has 0 aliphatic heterocycles. The number of amides is 1. The Morgan fingerprint density at radius 1 is 1.62 bits per heavy atom. The molecular weight excluding hydrogens is 201 g/mol. The summed E-state index contributed by atoms with van der Waals surface area (Å²) in [6.07, 6.45) is -1.73. The van der Waals surface area contributed by atoms with E-state index in [1.165, 1.54) is 19.1 Å². The first kappa shape index (κ1) is 12.4. The Morgan fingerprint density at radius 3 is 2.54 bits per heavy atom. The molecule has 1 atom stereocenters. The average Bonchev–Trinajstić information content (AvgIpc) is 1.81. The molecule has 0 saturated heterocycles. The third-order valence-corrected chi connectivity index (χ3v) is 1.42. The lowest BCUT2D eigenvalue weighted by Gasteiger charge is -2.12. The van der Waals surface area contributed by atoms with Crippen LogP contribution in [0, 0.1) is 0 Å². The Balaban J connectivity index is 3.81. The summed E-state index contributed by atoms with van der Waals surface area (Å²) in [4.78, 5) is 27.3. The summed E-state index contributed by atoms with van der Waals surface area (Å²) in [5.74, 6) is 0. The van der Waals surface area contributed by atoms with Gasteiger partial charge in [0.1, 0.15) is 6.10 Å². The minimum atomic E-state index is -4.56. The van der Waals surface area contributed by atoms with Crippen molar-refractivity contribution < 1.29 is 28.6 Å².